The van der Waals surface area contributed by atoms with Gasteiger partial charge in [-0.1, -0.05) is 12.8 Å². The summed E-state index contributed by atoms with van der Waals surface area (Å²) in [4.78, 5) is 40.3. The smallest absolute Gasteiger partial charge is 0.271 e. The molecule has 0 unspecified atom stereocenters. The van der Waals surface area contributed by atoms with Crippen LogP contribution in [-0.2, 0) is 11.8 Å². The van der Waals surface area contributed by atoms with Crippen molar-refractivity contribution in [1.29, 1.82) is 0 Å². The first kappa shape index (κ1) is 15.8. The number of pyridine rings is 1. The molecule has 6 nitrogen and oxygen atoms in total. The zero-order valence-corrected chi connectivity index (χ0v) is 13.7. The second-order valence-electron chi connectivity index (χ2n) is 6.53. The molecule has 2 heterocycles. The first-order chi connectivity index (χ1) is 11.0. The largest absolute Gasteiger partial charge is 0.344 e. The van der Waals surface area contributed by atoms with Gasteiger partial charge in [-0.15, -0.1) is 0 Å². The second kappa shape index (κ2) is 6.18. The van der Waals surface area contributed by atoms with Crippen LogP contribution in [0.4, 0.5) is 0 Å². The molecule has 0 N–H and O–H groups in total. The lowest BCUT2D eigenvalue weighted by Gasteiger charge is -2.38. The number of piperazine rings is 1. The highest BCUT2D eigenvalue weighted by Gasteiger charge is 2.33. The Morgan fingerprint density at radius 2 is 1.83 bits per heavy atom. The molecular weight excluding hydrogens is 294 g/mol. The van der Waals surface area contributed by atoms with E-state index in [9.17, 15) is 14.4 Å². The highest BCUT2D eigenvalue weighted by atomic mass is 16.2. The molecule has 0 radical (unpaired) electrons. The predicted octanol–water partition coefficient (Wildman–Crippen LogP) is 0.921. The minimum Gasteiger partial charge on any atom is -0.344 e. The van der Waals surface area contributed by atoms with Gasteiger partial charge in [0, 0.05) is 44.0 Å². The third-order valence-electron chi connectivity index (χ3n) is 5.05. The maximum atomic E-state index is 12.7. The molecule has 1 saturated heterocycles. The van der Waals surface area contributed by atoms with Crippen LogP contribution in [0, 0.1) is 6.92 Å². The number of carbonyl (C=O) groups is 2. The van der Waals surface area contributed by atoms with Crippen molar-refractivity contribution in [3.05, 3.63) is 33.7 Å². The molecule has 1 aliphatic carbocycles. The minimum atomic E-state index is -0.243. The Bertz CT molecular complexity index is 689. The number of rotatable bonds is 2. The summed E-state index contributed by atoms with van der Waals surface area (Å²) in [5.41, 5.74) is 0.897. The lowest BCUT2D eigenvalue weighted by molar-refractivity contribution is -0.137. The molecule has 0 bridgehead atoms. The fourth-order valence-electron chi connectivity index (χ4n) is 3.59. The van der Waals surface area contributed by atoms with Crippen molar-refractivity contribution in [1.82, 2.24) is 14.4 Å². The molecular formula is C17H23N3O3. The minimum absolute atomic E-state index is 0.0224. The quantitative estimate of drug-likeness (QED) is 0.815. The van der Waals surface area contributed by atoms with Crippen LogP contribution in [0.5, 0.6) is 0 Å². The van der Waals surface area contributed by atoms with E-state index in [1.165, 1.54) is 25.0 Å². The van der Waals surface area contributed by atoms with Gasteiger partial charge in [0.1, 0.15) is 12.2 Å². The molecule has 2 amide bonds. The molecule has 1 aromatic heterocycles. The molecule has 124 valence electrons. The van der Waals surface area contributed by atoms with Crippen molar-refractivity contribution in [2.75, 3.05) is 19.6 Å². The van der Waals surface area contributed by atoms with Gasteiger partial charge in [-0.2, -0.15) is 0 Å². The maximum absolute atomic E-state index is 12.7. The number of nitrogens with zero attached hydrogens (tertiary/aromatic N) is 3. The number of aromatic nitrogens is 1. The zero-order chi connectivity index (χ0) is 16.6. The summed E-state index contributed by atoms with van der Waals surface area (Å²) in [7, 11) is 1.76. The number of hydrogen-bond acceptors (Lipinski definition) is 3. The Morgan fingerprint density at radius 3 is 2.48 bits per heavy atom. The molecule has 1 aromatic rings. The van der Waals surface area contributed by atoms with Crippen molar-refractivity contribution in [2.24, 2.45) is 7.05 Å². The van der Waals surface area contributed by atoms with Crippen molar-refractivity contribution < 1.29 is 9.59 Å². The van der Waals surface area contributed by atoms with Crippen LogP contribution in [0.25, 0.3) is 0 Å². The Labute approximate surface area is 135 Å². The molecule has 0 aromatic carbocycles. The lowest BCUT2D eigenvalue weighted by atomic mass is 10.1. The Balaban J connectivity index is 1.75. The van der Waals surface area contributed by atoms with E-state index < -0.39 is 0 Å². The van der Waals surface area contributed by atoms with Crippen molar-refractivity contribution in [3.8, 4) is 0 Å². The molecule has 1 aliphatic heterocycles. The van der Waals surface area contributed by atoms with Crippen LogP contribution in [0.3, 0.4) is 0 Å². The van der Waals surface area contributed by atoms with Gasteiger partial charge in [-0.05, 0) is 19.8 Å². The summed E-state index contributed by atoms with van der Waals surface area (Å²) >= 11 is 0. The molecule has 1 saturated carbocycles. The highest BCUT2D eigenvalue weighted by molar-refractivity contribution is 5.95. The zero-order valence-electron chi connectivity index (χ0n) is 13.7. The van der Waals surface area contributed by atoms with Crippen molar-refractivity contribution in [2.45, 2.75) is 38.6 Å². The van der Waals surface area contributed by atoms with Crippen LogP contribution in [0.2, 0.25) is 0 Å². The molecule has 2 fully saturated rings. The Morgan fingerprint density at radius 1 is 1.13 bits per heavy atom. The van der Waals surface area contributed by atoms with E-state index >= 15 is 0 Å². The van der Waals surface area contributed by atoms with E-state index in [1.807, 2.05) is 4.90 Å². The normalized spacial score (nSPS) is 19.5. The first-order valence-corrected chi connectivity index (χ1v) is 8.24. The molecule has 2 aliphatic rings. The summed E-state index contributed by atoms with van der Waals surface area (Å²) in [5, 5.41) is 0. The van der Waals surface area contributed by atoms with Crippen LogP contribution in [0.15, 0.2) is 16.9 Å². The Hall–Kier alpha value is -2.11. The van der Waals surface area contributed by atoms with Crippen LogP contribution in [0.1, 0.15) is 41.9 Å². The SMILES string of the molecule is Cc1cc(=O)cc(C(=O)N2CCN(C3CCCC3)C(=O)C2)n1C. The highest BCUT2D eigenvalue weighted by Crippen LogP contribution is 2.25. The lowest BCUT2D eigenvalue weighted by Crippen LogP contribution is -2.55. The molecule has 6 heteroatoms. The van der Waals surface area contributed by atoms with E-state index in [4.69, 9.17) is 0 Å². The topological polar surface area (TPSA) is 62.6 Å². The van der Waals surface area contributed by atoms with E-state index in [-0.39, 0.29) is 23.8 Å². The van der Waals surface area contributed by atoms with Gasteiger partial charge >= 0.3 is 0 Å². The molecule has 3 rings (SSSR count). The van der Waals surface area contributed by atoms with Gasteiger partial charge in [0.25, 0.3) is 5.91 Å². The van der Waals surface area contributed by atoms with E-state index in [0.29, 0.717) is 24.8 Å². The van der Waals surface area contributed by atoms with Crippen molar-refractivity contribution >= 4 is 11.8 Å². The first-order valence-electron chi connectivity index (χ1n) is 8.24. The summed E-state index contributed by atoms with van der Waals surface area (Å²) in [6.07, 6.45) is 4.52. The number of aryl methyl sites for hydroxylation is 1. The molecule has 0 atom stereocenters. The predicted molar refractivity (Wildman–Crippen MR) is 86.3 cm³/mol. The summed E-state index contributed by atoms with van der Waals surface area (Å²) < 4.78 is 1.71. The van der Waals surface area contributed by atoms with Gasteiger partial charge in [0.05, 0.1) is 0 Å². The number of amides is 2. The summed E-state index contributed by atoms with van der Waals surface area (Å²) in [6.45, 7) is 3.02. The third kappa shape index (κ3) is 3.02. The van der Waals surface area contributed by atoms with Gasteiger partial charge < -0.3 is 14.4 Å². The standard InChI is InChI=1S/C17H23N3O3/c1-12-9-14(21)10-15(18(12)2)17(23)19-7-8-20(16(22)11-19)13-5-3-4-6-13/h9-10,13H,3-8,11H2,1-2H3. The number of carbonyl (C=O) groups excluding carboxylic acids is 2. The fourth-order valence-corrected chi connectivity index (χ4v) is 3.59. The van der Waals surface area contributed by atoms with E-state index in [2.05, 4.69) is 0 Å². The number of hydrogen-bond donors (Lipinski definition) is 0. The van der Waals surface area contributed by atoms with E-state index in [0.717, 1.165) is 18.5 Å². The van der Waals surface area contributed by atoms with Crippen LogP contribution in [-0.4, -0.2) is 51.9 Å². The van der Waals surface area contributed by atoms with Crippen LogP contribution >= 0.6 is 0 Å². The van der Waals surface area contributed by atoms with E-state index in [1.54, 1.807) is 23.4 Å². The molecule has 23 heavy (non-hydrogen) atoms. The van der Waals surface area contributed by atoms with Gasteiger partial charge in [-0.25, -0.2) is 0 Å². The van der Waals surface area contributed by atoms with Crippen molar-refractivity contribution in [3.63, 3.8) is 0 Å². The monoisotopic (exact) mass is 317 g/mol. The van der Waals surface area contributed by atoms with Gasteiger partial charge in [0.15, 0.2) is 5.43 Å². The summed E-state index contributed by atoms with van der Waals surface area (Å²) in [5.74, 6) is -0.220. The average Bonchev–Trinajstić information content (AvgIpc) is 3.04. The van der Waals surface area contributed by atoms with Gasteiger partial charge in [-0.3, -0.25) is 14.4 Å². The summed E-state index contributed by atoms with van der Waals surface area (Å²) in [6, 6.07) is 3.20. The van der Waals surface area contributed by atoms with Crippen LogP contribution < -0.4 is 5.43 Å². The second-order valence-corrected chi connectivity index (χ2v) is 6.53. The Kier molecular flexibility index (Phi) is 4.24. The third-order valence-corrected chi connectivity index (χ3v) is 5.05. The molecule has 0 spiro atoms. The average molecular weight is 317 g/mol. The maximum Gasteiger partial charge on any atom is 0.271 e. The fraction of sp³-hybridized carbons (Fsp3) is 0.588. The van der Waals surface area contributed by atoms with Gasteiger partial charge in [0.2, 0.25) is 5.91 Å².